The number of hydrogen-bond donors (Lipinski definition) is 0. The van der Waals surface area contributed by atoms with Gasteiger partial charge in [0.2, 0.25) is 0 Å². The summed E-state index contributed by atoms with van der Waals surface area (Å²) < 4.78 is 34.6. The SMILES string of the molecule is Cn1cnc(S(=O)(=O)N2CCO[C@H](c3cccc(Br)n3)C2)c1. The molecule has 2 aromatic heterocycles. The predicted octanol–water partition coefficient (Wildman–Crippen LogP) is 1.34. The van der Waals surface area contributed by atoms with Gasteiger partial charge in [0.05, 0.1) is 18.6 Å². The van der Waals surface area contributed by atoms with Gasteiger partial charge in [0.15, 0.2) is 5.03 Å². The van der Waals surface area contributed by atoms with Crippen molar-refractivity contribution in [3.05, 3.63) is 41.0 Å². The molecule has 3 heterocycles. The van der Waals surface area contributed by atoms with E-state index in [2.05, 4.69) is 25.9 Å². The predicted molar refractivity (Wildman–Crippen MR) is 82.6 cm³/mol. The second kappa shape index (κ2) is 6.07. The largest absolute Gasteiger partial charge is 0.369 e. The van der Waals surface area contributed by atoms with Gasteiger partial charge in [-0.05, 0) is 28.1 Å². The van der Waals surface area contributed by atoms with Crippen LogP contribution in [0.2, 0.25) is 0 Å². The van der Waals surface area contributed by atoms with Crippen LogP contribution in [0.4, 0.5) is 0 Å². The lowest BCUT2D eigenvalue weighted by molar-refractivity contribution is -0.00507. The Morgan fingerprint density at radius 1 is 1.41 bits per heavy atom. The van der Waals surface area contributed by atoms with Gasteiger partial charge in [-0.2, -0.15) is 4.31 Å². The fraction of sp³-hybridized carbons (Fsp3) is 0.385. The number of aryl methyl sites for hydroxylation is 1. The fourth-order valence-electron chi connectivity index (χ4n) is 2.28. The van der Waals surface area contributed by atoms with Gasteiger partial charge >= 0.3 is 0 Å². The van der Waals surface area contributed by atoms with Crippen molar-refractivity contribution < 1.29 is 13.2 Å². The van der Waals surface area contributed by atoms with Crippen molar-refractivity contribution in [3.8, 4) is 0 Å². The third-order valence-corrected chi connectivity index (χ3v) is 5.57. The van der Waals surface area contributed by atoms with E-state index in [0.29, 0.717) is 23.4 Å². The van der Waals surface area contributed by atoms with Gasteiger partial charge in [0.25, 0.3) is 10.0 Å². The van der Waals surface area contributed by atoms with Crippen LogP contribution in [0.1, 0.15) is 11.8 Å². The van der Waals surface area contributed by atoms with Crippen LogP contribution in [0, 0.1) is 0 Å². The monoisotopic (exact) mass is 386 g/mol. The third-order valence-electron chi connectivity index (χ3n) is 3.38. The molecule has 7 nitrogen and oxygen atoms in total. The van der Waals surface area contributed by atoms with Crippen molar-refractivity contribution in [2.24, 2.45) is 7.05 Å². The molecule has 0 saturated carbocycles. The van der Waals surface area contributed by atoms with Gasteiger partial charge in [-0.15, -0.1) is 0 Å². The molecular formula is C13H15BrN4O3S. The number of pyridine rings is 1. The Morgan fingerprint density at radius 3 is 2.91 bits per heavy atom. The second-order valence-corrected chi connectivity index (χ2v) is 7.68. The Labute approximate surface area is 137 Å². The van der Waals surface area contributed by atoms with E-state index in [4.69, 9.17) is 4.74 Å². The Hall–Kier alpha value is -1.29. The summed E-state index contributed by atoms with van der Waals surface area (Å²) in [6.45, 7) is 0.858. The van der Waals surface area contributed by atoms with Crippen molar-refractivity contribution in [1.82, 2.24) is 18.8 Å². The molecule has 0 amide bonds. The number of rotatable bonds is 3. The molecule has 9 heteroatoms. The number of hydrogen-bond acceptors (Lipinski definition) is 5. The Morgan fingerprint density at radius 2 is 2.23 bits per heavy atom. The number of nitrogens with zero attached hydrogens (tertiary/aromatic N) is 4. The standard InChI is InChI=1S/C13H15BrN4O3S/c1-17-8-13(15-9-17)22(19,20)18-5-6-21-11(7-18)10-3-2-4-12(14)16-10/h2-4,8-9,11H,5-7H2,1H3/t11-/m0/s1. The van der Waals surface area contributed by atoms with Crippen LogP contribution in [0.5, 0.6) is 0 Å². The summed E-state index contributed by atoms with van der Waals surface area (Å²) in [5.41, 5.74) is 0.704. The Balaban J connectivity index is 1.84. The van der Waals surface area contributed by atoms with E-state index in [1.54, 1.807) is 11.6 Å². The lowest BCUT2D eigenvalue weighted by atomic mass is 10.2. The van der Waals surface area contributed by atoms with E-state index >= 15 is 0 Å². The zero-order chi connectivity index (χ0) is 15.7. The van der Waals surface area contributed by atoms with Gasteiger partial charge in [-0.1, -0.05) is 6.07 Å². The first-order chi connectivity index (χ1) is 10.5. The molecule has 0 aromatic carbocycles. The summed E-state index contributed by atoms with van der Waals surface area (Å²) in [6.07, 6.45) is 2.59. The minimum absolute atomic E-state index is 0.0536. The van der Waals surface area contributed by atoms with Crippen molar-refractivity contribution in [2.75, 3.05) is 19.7 Å². The molecule has 0 bridgehead atoms. The summed E-state index contributed by atoms with van der Waals surface area (Å²) >= 11 is 3.31. The fourth-order valence-corrected chi connectivity index (χ4v) is 4.03. The summed E-state index contributed by atoms with van der Waals surface area (Å²) in [4.78, 5) is 8.28. The number of halogens is 1. The van der Waals surface area contributed by atoms with Crippen molar-refractivity contribution in [2.45, 2.75) is 11.1 Å². The lowest BCUT2D eigenvalue weighted by Gasteiger charge is -2.31. The molecule has 1 saturated heterocycles. The minimum Gasteiger partial charge on any atom is -0.369 e. The summed E-state index contributed by atoms with van der Waals surface area (Å²) in [5, 5.41) is 0.0536. The summed E-state index contributed by atoms with van der Waals surface area (Å²) in [7, 11) is -1.87. The molecule has 3 rings (SSSR count). The summed E-state index contributed by atoms with van der Waals surface area (Å²) in [6, 6.07) is 5.49. The minimum atomic E-state index is -3.61. The van der Waals surface area contributed by atoms with Crippen LogP contribution in [0.25, 0.3) is 0 Å². The van der Waals surface area contributed by atoms with E-state index in [1.807, 2.05) is 18.2 Å². The van der Waals surface area contributed by atoms with Gasteiger partial charge in [0, 0.05) is 26.3 Å². The average Bonchev–Trinajstić information content (AvgIpc) is 2.95. The van der Waals surface area contributed by atoms with E-state index < -0.39 is 10.0 Å². The molecule has 22 heavy (non-hydrogen) atoms. The number of aromatic nitrogens is 3. The number of morpholine rings is 1. The maximum atomic E-state index is 12.6. The average molecular weight is 387 g/mol. The molecule has 0 N–H and O–H groups in total. The highest BCUT2D eigenvalue weighted by Gasteiger charge is 2.33. The van der Waals surface area contributed by atoms with Crippen molar-refractivity contribution in [1.29, 1.82) is 0 Å². The van der Waals surface area contributed by atoms with Crippen LogP contribution in [0.3, 0.4) is 0 Å². The highest BCUT2D eigenvalue weighted by atomic mass is 79.9. The topological polar surface area (TPSA) is 77.3 Å². The van der Waals surface area contributed by atoms with Crippen LogP contribution < -0.4 is 0 Å². The maximum Gasteiger partial charge on any atom is 0.262 e. The number of imidazole rings is 1. The third kappa shape index (κ3) is 3.07. The first-order valence-electron chi connectivity index (χ1n) is 6.69. The van der Waals surface area contributed by atoms with Crippen molar-refractivity contribution >= 4 is 26.0 Å². The first-order valence-corrected chi connectivity index (χ1v) is 8.92. The molecule has 0 spiro atoms. The first kappa shape index (κ1) is 15.6. The maximum absolute atomic E-state index is 12.6. The number of ether oxygens (including phenoxy) is 1. The van der Waals surface area contributed by atoms with Gasteiger partial charge in [0.1, 0.15) is 10.7 Å². The lowest BCUT2D eigenvalue weighted by Crippen LogP contribution is -2.42. The van der Waals surface area contributed by atoms with E-state index in [9.17, 15) is 8.42 Å². The van der Waals surface area contributed by atoms with E-state index in [0.717, 1.165) is 0 Å². The highest BCUT2D eigenvalue weighted by molar-refractivity contribution is 9.10. The van der Waals surface area contributed by atoms with Crippen LogP contribution >= 0.6 is 15.9 Å². The molecule has 0 unspecified atom stereocenters. The van der Waals surface area contributed by atoms with Crippen LogP contribution in [-0.4, -0.2) is 47.0 Å². The van der Waals surface area contributed by atoms with Crippen LogP contribution in [0.15, 0.2) is 40.4 Å². The molecule has 0 radical (unpaired) electrons. The van der Waals surface area contributed by atoms with E-state index in [1.165, 1.54) is 16.8 Å². The molecule has 1 aliphatic heterocycles. The molecule has 1 atom stereocenters. The molecule has 1 fully saturated rings. The quantitative estimate of drug-likeness (QED) is 0.743. The van der Waals surface area contributed by atoms with E-state index in [-0.39, 0.29) is 17.7 Å². The molecule has 1 aliphatic rings. The zero-order valence-electron chi connectivity index (χ0n) is 11.9. The summed E-state index contributed by atoms with van der Waals surface area (Å²) in [5.74, 6) is 0. The molecule has 0 aliphatic carbocycles. The molecule has 2 aromatic rings. The molecular weight excluding hydrogens is 372 g/mol. The molecule has 118 valence electrons. The highest BCUT2D eigenvalue weighted by Crippen LogP contribution is 2.25. The second-order valence-electron chi connectivity index (χ2n) is 4.99. The van der Waals surface area contributed by atoms with Crippen LogP contribution in [-0.2, 0) is 21.8 Å². The normalized spacial score (nSPS) is 20.2. The van der Waals surface area contributed by atoms with Crippen molar-refractivity contribution in [3.63, 3.8) is 0 Å². The number of sulfonamides is 1. The zero-order valence-corrected chi connectivity index (χ0v) is 14.3. The van der Waals surface area contributed by atoms with Gasteiger partial charge in [-0.3, -0.25) is 0 Å². The Bertz CT molecular complexity index is 777. The Kier molecular flexibility index (Phi) is 4.31. The smallest absolute Gasteiger partial charge is 0.262 e. The van der Waals surface area contributed by atoms with Gasteiger partial charge < -0.3 is 9.30 Å². The van der Waals surface area contributed by atoms with Gasteiger partial charge in [-0.25, -0.2) is 18.4 Å².